The Morgan fingerprint density at radius 3 is 1.68 bits per heavy atom. The average Bonchev–Trinajstić information content (AvgIpc) is 3.09. The van der Waals surface area contributed by atoms with Crippen LogP contribution in [0.3, 0.4) is 0 Å². The third kappa shape index (κ3) is 2.10. The summed E-state index contributed by atoms with van der Waals surface area (Å²) in [5, 5.41) is 0. The monoisotopic (exact) mass is 294 g/mol. The van der Waals surface area contributed by atoms with Crippen molar-refractivity contribution in [2.24, 2.45) is 46.8 Å². The maximum atomic E-state index is 2.58. The Bertz CT molecular complexity index is 510. The molecule has 0 amide bonds. The van der Waals surface area contributed by atoms with Crippen molar-refractivity contribution in [2.45, 2.75) is 40.0 Å². The molecule has 4 rings (SSSR count). The smallest absolute Gasteiger partial charge is 0.00954 e. The summed E-state index contributed by atoms with van der Waals surface area (Å²) in [6.45, 7) is 7.61. The normalized spacial score (nSPS) is 46.0. The van der Waals surface area contributed by atoms with Gasteiger partial charge in [-0.25, -0.2) is 0 Å². The molecule has 0 spiro atoms. The van der Waals surface area contributed by atoms with Gasteiger partial charge in [-0.05, 0) is 59.7 Å². The second-order valence-corrected chi connectivity index (χ2v) is 8.81. The van der Waals surface area contributed by atoms with Crippen molar-refractivity contribution in [2.75, 3.05) is 0 Å². The zero-order valence-corrected chi connectivity index (χ0v) is 14.3. The second-order valence-electron chi connectivity index (χ2n) is 8.81. The summed E-state index contributed by atoms with van der Waals surface area (Å²) < 4.78 is 0. The van der Waals surface area contributed by atoms with Crippen LogP contribution in [0.5, 0.6) is 0 Å². The Hall–Kier alpha value is -1.04. The summed E-state index contributed by atoms with van der Waals surface area (Å²) in [4.78, 5) is 0. The van der Waals surface area contributed by atoms with E-state index < -0.39 is 0 Å². The third-order valence-corrected chi connectivity index (χ3v) is 7.32. The first-order valence-corrected chi connectivity index (χ1v) is 9.29. The number of hydrogen-bond acceptors (Lipinski definition) is 0. The molecule has 0 aromatic carbocycles. The minimum absolute atomic E-state index is 0.443. The van der Waals surface area contributed by atoms with Crippen molar-refractivity contribution < 1.29 is 0 Å². The Kier molecular flexibility index (Phi) is 3.47. The number of hydrogen-bond donors (Lipinski definition) is 0. The summed E-state index contributed by atoms with van der Waals surface area (Å²) in [7, 11) is 0. The van der Waals surface area contributed by atoms with Crippen LogP contribution in [0.1, 0.15) is 40.0 Å². The molecule has 0 heteroatoms. The SMILES string of the molecule is C[C@@H]1CCC(C(C)(C)C2C3C=CC=C[C@H]3[C@H]3C=CC=CC23)C1. The molecule has 118 valence electrons. The molecule has 0 saturated heterocycles. The van der Waals surface area contributed by atoms with Crippen LogP contribution in [-0.2, 0) is 0 Å². The lowest BCUT2D eigenvalue weighted by Crippen LogP contribution is -2.37. The van der Waals surface area contributed by atoms with E-state index in [-0.39, 0.29) is 0 Å². The van der Waals surface area contributed by atoms with Crippen molar-refractivity contribution in [1.82, 2.24) is 0 Å². The first kappa shape index (κ1) is 14.5. The van der Waals surface area contributed by atoms with Crippen LogP contribution >= 0.6 is 0 Å². The fraction of sp³-hybridized carbons (Fsp3) is 0.636. The van der Waals surface area contributed by atoms with E-state index in [0.29, 0.717) is 5.41 Å². The molecule has 0 N–H and O–H groups in total. The van der Waals surface area contributed by atoms with E-state index >= 15 is 0 Å². The molecule has 0 bridgehead atoms. The van der Waals surface area contributed by atoms with Gasteiger partial charge in [0.25, 0.3) is 0 Å². The van der Waals surface area contributed by atoms with Crippen LogP contribution in [0.25, 0.3) is 0 Å². The highest BCUT2D eigenvalue weighted by Crippen LogP contribution is 2.60. The fourth-order valence-corrected chi connectivity index (χ4v) is 6.17. The highest BCUT2D eigenvalue weighted by molar-refractivity contribution is 5.29. The van der Waals surface area contributed by atoms with Crippen molar-refractivity contribution >= 4 is 0 Å². The van der Waals surface area contributed by atoms with Crippen LogP contribution in [-0.4, -0.2) is 0 Å². The molecule has 0 aromatic heterocycles. The van der Waals surface area contributed by atoms with Crippen LogP contribution in [0.4, 0.5) is 0 Å². The summed E-state index contributed by atoms with van der Waals surface area (Å²) in [5.74, 6) is 5.54. The first-order valence-electron chi connectivity index (χ1n) is 9.29. The van der Waals surface area contributed by atoms with E-state index in [4.69, 9.17) is 0 Å². The molecule has 0 radical (unpaired) electrons. The third-order valence-electron chi connectivity index (χ3n) is 7.32. The molecule has 7 atom stereocenters. The lowest BCUT2D eigenvalue weighted by molar-refractivity contribution is 0.0731. The molecular formula is C22H30. The molecule has 4 aliphatic rings. The lowest BCUT2D eigenvalue weighted by Gasteiger charge is -2.43. The van der Waals surface area contributed by atoms with E-state index in [9.17, 15) is 0 Å². The van der Waals surface area contributed by atoms with Crippen molar-refractivity contribution in [1.29, 1.82) is 0 Å². The van der Waals surface area contributed by atoms with Gasteiger partial charge in [-0.2, -0.15) is 0 Å². The van der Waals surface area contributed by atoms with Gasteiger partial charge in [-0.1, -0.05) is 75.8 Å². The first-order chi connectivity index (χ1) is 10.6. The molecule has 22 heavy (non-hydrogen) atoms. The van der Waals surface area contributed by atoms with E-state index in [1.807, 2.05) is 0 Å². The number of allylic oxidation sites excluding steroid dienone is 8. The zero-order chi connectivity index (χ0) is 15.3. The molecule has 2 saturated carbocycles. The van der Waals surface area contributed by atoms with Crippen LogP contribution < -0.4 is 0 Å². The fourth-order valence-electron chi connectivity index (χ4n) is 6.17. The molecule has 0 nitrogen and oxygen atoms in total. The van der Waals surface area contributed by atoms with E-state index in [1.54, 1.807) is 0 Å². The molecular weight excluding hydrogens is 264 g/mol. The Balaban J connectivity index is 1.70. The largest absolute Gasteiger partial charge is 0.0805 e. The van der Waals surface area contributed by atoms with Gasteiger partial charge in [-0.15, -0.1) is 0 Å². The maximum absolute atomic E-state index is 2.58. The molecule has 0 aromatic rings. The van der Waals surface area contributed by atoms with E-state index in [0.717, 1.165) is 41.4 Å². The van der Waals surface area contributed by atoms with Crippen LogP contribution in [0.2, 0.25) is 0 Å². The molecule has 0 heterocycles. The quantitative estimate of drug-likeness (QED) is 0.604. The van der Waals surface area contributed by atoms with E-state index in [1.165, 1.54) is 19.3 Å². The minimum Gasteiger partial charge on any atom is -0.0805 e. The predicted octanol–water partition coefficient (Wildman–Crippen LogP) is 5.80. The second kappa shape index (κ2) is 5.25. The Morgan fingerprint density at radius 1 is 0.727 bits per heavy atom. The summed E-state index contributed by atoms with van der Waals surface area (Å²) >= 11 is 0. The van der Waals surface area contributed by atoms with Crippen LogP contribution in [0, 0.1) is 46.8 Å². The average molecular weight is 294 g/mol. The highest BCUT2D eigenvalue weighted by atomic mass is 14.6. The van der Waals surface area contributed by atoms with Crippen molar-refractivity contribution in [3.8, 4) is 0 Å². The van der Waals surface area contributed by atoms with Gasteiger partial charge >= 0.3 is 0 Å². The van der Waals surface area contributed by atoms with Gasteiger partial charge in [0.1, 0.15) is 0 Å². The maximum Gasteiger partial charge on any atom is -0.00954 e. The van der Waals surface area contributed by atoms with Gasteiger partial charge in [-0.3, -0.25) is 0 Å². The number of fused-ring (bicyclic) bond motifs is 3. The minimum atomic E-state index is 0.443. The van der Waals surface area contributed by atoms with Crippen molar-refractivity contribution in [3.05, 3.63) is 48.6 Å². The zero-order valence-electron chi connectivity index (χ0n) is 14.3. The molecule has 2 fully saturated rings. The van der Waals surface area contributed by atoms with E-state index in [2.05, 4.69) is 69.4 Å². The van der Waals surface area contributed by atoms with Gasteiger partial charge in [0.15, 0.2) is 0 Å². The Labute approximate surface area is 136 Å². The lowest BCUT2D eigenvalue weighted by atomic mass is 9.61. The van der Waals surface area contributed by atoms with Gasteiger partial charge < -0.3 is 0 Å². The topological polar surface area (TPSA) is 0 Å². The van der Waals surface area contributed by atoms with Gasteiger partial charge in [0.05, 0.1) is 0 Å². The Morgan fingerprint density at radius 2 is 1.23 bits per heavy atom. The van der Waals surface area contributed by atoms with Gasteiger partial charge in [0, 0.05) is 0 Å². The van der Waals surface area contributed by atoms with Gasteiger partial charge in [0.2, 0.25) is 0 Å². The van der Waals surface area contributed by atoms with Crippen molar-refractivity contribution in [3.63, 3.8) is 0 Å². The summed E-state index contributed by atoms with van der Waals surface area (Å²) in [6, 6.07) is 0. The molecule has 4 aliphatic carbocycles. The molecule has 4 unspecified atom stereocenters. The molecule has 0 aliphatic heterocycles. The summed E-state index contributed by atoms with van der Waals surface area (Å²) in [5.41, 5.74) is 0.443. The summed E-state index contributed by atoms with van der Waals surface area (Å²) in [6.07, 6.45) is 23.5. The standard InChI is InChI=1S/C22H30/c1-15-12-13-16(14-15)22(2,3)21-19-10-6-4-8-17(19)18-9-5-7-11-20(18)21/h4-11,15-21H,12-14H2,1-3H3/t15-,16?,17-,18+,19?,20?,21?/m1/s1. The predicted molar refractivity (Wildman–Crippen MR) is 94.3 cm³/mol. The number of rotatable bonds is 2. The highest BCUT2D eigenvalue weighted by Gasteiger charge is 2.54. The van der Waals surface area contributed by atoms with Crippen LogP contribution in [0.15, 0.2) is 48.6 Å².